The number of nitrogens with zero attached hydrogens (tertiary/aromatic N) is 2. The molecule has 0 bridgehead atoms. The highest BCUT2D eigenvalue weighted by atomic mass is 19.4. The van der Waals surface area contributed by atoms with Crippen LogP contribution in [0.4, 0.5) is 30.2 Å². The molecule has 2 fully saturated rings. The highest BCUT2D eigenvalue weighted by Gasteiger charge is 2.36. The zero-order valence-corrected chi connectivity index (χ0v) is 17.9. The number of carbonyl (C=O) groups is 2. The summed E-state index contributed by atoms with van der Waals surface area (Å²) < 4.78 is 40.0. The molecule has 8 heteroatoms. The number of carbonyl (C=O) groups excluding carboxylic acids is 2. The lowest BCUT2D eigenvalue weighted by atomic mass is 10.1. The quantitative estimate of drug-likeness (QED) is 0.721. The van der Waals surface area contributed by atoms with Crippen LogP contribution in [0.25, 0.3) is 0 Å². The molecule has 0 spiro atoms. The highest BCUT2D eigenvalue weighted by molar-refractivity contribution is 6.04. The molecule has 1 unspecified atom stereocenters. The van der Waals surface area contributed by atoms with Gasteiger partial charge in [-0.15, -0.1) is 0 Å². The van der Waals surface area contributed by atoms with E-state index in [1.54, 1.807) is 4.90 Å². The van der Waals surface area contributed by atoms with E-state index in [0.717, 1.165) is 50.0 Å². The number of hydrogen-bond donors (Lipinski definition) is 1. The maximum absolute atomic E-state index is 13.3. The Kier molecular flexibility index (Phi) is 6.13. The number of piperidine rings is 1. The summed E-state index contributed by atoms with van der Waals surface area (Å²) in [6.07, 6.45) is -1.49. The number of rotatable bonds is 4. The normalized spacial score (nSPS) is 19.4. The molecule has 0 aromatic heterocycles. The Hall–Kier alpha value is -3.03. The van der Waals surface area contributed by atoms with Crippen LogP contribution in [0.3, 0.4) is 0 Å². The number of nitrogens with one attached hydrogen (secondary N) is 1. The molecule has 2 aromatic rings. The van der Waals surface area contributed by atoms with Gasteiger partial charge in [0.05, 0.1) is 22.9 Å². The zero-order chi connectivity index (χ0) is 22.9. The first-order valence-corrected chi connectivity index (χ1v) is 10.9. The Bertz CT molecular complexity index is 999. The first-order chi connectivity index (χ1) is 15.2. The predicted octanol–water partition coefficient (Wildman–Crippen LogP) is 5.00. The summed E-state index contributed by atoms with van der Waals surface area (Å²) in [5.74, 6) is -1.24. The lowest BCUT2D eigenvalue weighted by molar-refractivity contribution is -0.137. The van der Waals surface area contributed by atoms with Crippen LogP contribution in [0.2, 0.25) is 0 Å². The van der Waals surface area contributed by atoms with E-state index >= 15 is 0 Å². The van der Waals surface area contributed by atoms with Gasteiger partial charge in [0.25, 0.3) is 0 Å². The smallest absolute Gasteiger partial charge is 0.370 e. The molecule has 1 atom stereocenters. The van der Waals surface area contributed by atoms with Gasteiger partial charge >= 0.3 is 6.18 Å². The Balaban J connectivity index is 1.55. The fraction of sp³-hybridized carbons (Fsp3) is 0.417. The number of hydrogen-bond acceptors (Lipinski definition) is 3. The maximum atomic E-state index is 13.3. The van der Waals surface area contributed by atoms with Crippen molar-refractivity contribution in [3.63, 3.8) is 0 Å². The van der Waals surface area contributed by atoms with Crippen molar-refractivity contribution in [3.8, 4) is 0 Å². The Morgan fingerprint density at radius 2 is 1.72 bits per heavy atom. The number of anilines is 3. The first kappa shape index (κ1) is 22.2. The van der Waals surface area contributed by atoms with Gasteiger partial charge in [0.1, 0.15) is 0 Å². The van der Waals surface area contributed by atoms with E-state index in [-0.39, 0.29) is 24.6 Å². The van der Waals surface area contributed by atoms with E-state index in [1.165, 1.54) is 6.07 Å². The van der Waals surface area contributed by atoms with Crippen LogP contribution in [0.1, 0.15) is 36.8 Å². The van der Waals surface area contributed by atoms with E-state index in [0.29, 0.717) is 11.4 Å². The zero-order valence-electron chi connectivity index (χ0n) is 17.9. The van der Waals surface area contributed by atoms with Crippen LogP contribution in [-0.2, 0) is 15.8 Å². The third kappa shape index (κ3) is 4.74. The molecule has 5 nitrogen and oxygen atoms in total. The number of aryl methyl sites for hydroxylation is 1. The number of benzene rings is 2. The molecular weight excluding hydrogens is 419 g/mol. The van der Waals surface area contributed by atoms with Gasteiger partial charge in [-0.2, -0.15) is 13.2 Å². The van der Waals surface area contributed by atoms with Crippen LogP contribution in [0.15, 0.2) is 42.5 Å². The van der Waals surface area contributed by atoms with Crippen molar-refractivity contribution in [3.05, 3.63) is 53.6 Å². The molecule has 32 heavy (non-hydrogen) atoms. The van der Waals surface area contributed by atoms with Crippen molar-refractivity contribution in [1.29, 1.82) is 0 Å². The predicted molar refractivity (Wildman–Crippen MR) is 118 cm³/mol. The molecule has 2 aliphatic heterocycles. The molecule has 2 aromatic carbocycles. The molecular formula is C24H26F3N3O2. The average molecular weight is 445 g/mol. The maximum Gasteiger partial charge on any atom is 0.416 e. The molecule has 2 amide bonds. The lowest BCUT2D eigenvalue weighted by Crippen LogP contribution is -2.32. The summed E-state index contributed by atoms with van der Waals surface area (Å²) in [5, 5.41) is 2.70. The molecule has 170 valence electrons. The minimum absolute atomic E-state index is 0.0255. The van der Waals surface area contributed by atoms with E-state index in [2.05, 4.69) is 5.32 Å². The molecule has 2 heterocycles. The fourth-order valence-corrected chi connectivity index (χ4v) is 4.32. The summed E-state index contributed by atoms with van der Waals surface area (Å²) in [5.41, 5.74) is 1.70. The molecule has 0 saturated carbocycles. The molecule has 0 radical (unpaired) electrons. The second kappa shape index (κ2) is 8.84. The third-order valence-electron chi connectivity index (χ3n) is 6.12. The van der Waals surface area contributed by atoms with Gasteiger partial charge < -0.3 is 15.1 Å². The second-order valence-electron chi connectivity index (χ2n) is 8.51. The van der Waals surface area contributed by atoms with Gasteiger partial charge in [-0.1, -0.05) is 17.7 Å². The molecule has 1 N–H and O–H groups in total. The van der Waals surface area contributed by atoms with Crippen molar-refractivity contribution < 1.29 is 22.8 Å². The van der Waals surface area contributed by atoms with Crippen LogP contribution in [0, 0.1) is 12.8 Å². The van der Waals surface area contributed by atoms with Crippen LogP contribution in [0.5, 0.6) is 0 Å². The summed E-state index contributed by atoms with van der Waals surface area (Å²) >= 11 is 0. The average Bonchev–Trinajstić information content (AvgIpc) is 3.16. The third-order valence-corrected chi connectivity index (χ3v) is 6.12. The fourth-order valence-electron chi connectivity index (χ4n) is 4.32. The van der Waals surface area contributed by atoms with Gasteiger partial charge in [0.15, 0.2) is 0 Å². The van der Waals surface area contributed by atoms with Crippen molar-refractivity contribution in [2.24, 2.45) is 5.92 Å². The Morgan fingerprint density at radius 3 is 2.38 bits per heavy atom. The molecule has 0 aliphatic carbocycles. The largest absolute Gasteiger partial charge is 0.416 e. The molecule has 4 rings (SSSR count). The molecule has 2 saturated heterocycles. The van der Waals surface area contributed by atoms with Crippen molar-refractivity contribution in [2.75, 3.05) is 34.8 Å². The summed E-state index contributed by atoms with van der Waals surface area (Å²) in [4.78, 5) is 29.1. The Labute approximate surface area is 185 Å². The van der Waals surface area contributed by atoms with E-state index in [1.807, 2.05) is 36.1 Å². The van der Waals surface area contributed by atoms with Gasteiger partial charge in [-0.3, -0.25) is 9.59 Å². The number of amides is 2. The van der Waals surface area contributed by atoms with Gasteiger partial charge in [-0.05, 0) is 56.5 Å². The Morgan fingerprint density at radius 1 is 1.03 bits per heavy atom. The van der Waals surface area contributed by atoms with Gasteiger partial charge in [0, 0.05) is 31.7 Å². The standard InChI is InChI=1S/C24H26F3N3O2/c1-16-5-8-19(9-6-16)30-15-17(13-22(30)31)23(32)28-20-14-18(24(25,26)27)7-10-21(20)29-11-3-2-4-12-29/h5-10,14,17H,2-4,11-13,15H2,1H3,(H,28,32). The second-order valence-corrected chi connectivity index (χ2v) is 8.51. The SMILES string of the molecule is Cc1ccc(N2CC(C(=O)Nc3cc(C(F)(F)F)ccc3N3CCCCC3)CC2=O)cc1. The first-order valence-electron chi connectivity index (χ1n) is 10.9. The van der Waals surface area contributed by atoms with Crippen LogP contribution in [-0.4, -0.2) is 31.4 Å². The minimum Gasteiger partial charge on any atom is -0.370 e. The van der Waals surface area contributed by atoms with Crippen LogP contribution >= 0.6 is 0 Å². The van der Waals surface area contributed by atoms with Gasteiger partial charge in [-0.25, -0.2) is 0 Å². The van der Waals surface area contributed by atoms with Crippen molar-refractivity contribution in [1.82, 2.24) is 0 Å². The topological polar surface area (TPSA) is 52.7 Å². The summed E-state index contributed by atoms with van der Waals surface area (Å²) in [6, 6.07) is 10.9. The van der Waals surface area contributed by atoms with E-state index in [4.69, 9.17) is 0 Å². The summed E-state index contributed by atoms with van der Waals surface area (Å²) in [6.45, 7) is 3.61. The lowest BCUT2D eigenvalue weighted by Gasteiger charge is -2.31. The number of alkyl halides is 3. The van der Waals surface area contributed by atoms with Crippen molar-refractivity contribution in [2.45, 2.75) is 38.8 Å². The molecule has 2 aliphatic rings. The monoisotopic (exact) mass is 445 g/mol. The van der Waals surface area contributed by atoms with Crippen molar-refractivity contribution >= 4 is 28.9 Å². The number of halogens is 3. The van der Waals surface area contributed by atoms with Gasteiger partial charge in [0.2, 0.25) is 11.8 Å². The van der Waals surface area contributed by atoms with E-state index in [9.17, 15) is 22.8 Å². The minimum atomic E-state index is -4.51. The highest BCUT2D eigenvalue weighted by Crippen LogP contribution is 2.37. The van der Waals surface area contributed by atoms with Crippen LogP contribution < -0.4 is 15.1 Å². The summed E-state index contributed by atoms with van der Waals surface area (Å²) in [7, 11) is 0. The van der Waals surface area contributed by atoms with E-state index < -0.39 is 23.6 Å².